The van der Waals surface area contributed by atoms with Gasteiger partial charge in [-0.05, 0) is 54.6 Å². The number of anilines is 3. The molecule has 0 aliphatic rings. The summed E-state index contributed by atoms with van der Waals surface area (Å²) in [7, 11) is 0. The zero-order chi connectivity index (χ0) is 18.5. The Morgan fingerprint density at radius 1 is 1.04 bits per heavy atom. The van der Waals surface area contributed by atoms with Crippen molar-refractivity contribution in [1.82, 2.24) is 0 Å². The Labute approximate surface area is 150 Å². The molecule has 0 fully saturated rings. The fraction of sp³-hybridized carbons (Fsp3) is 0. The molecule has 0 aromatic heterocycles. The molecule has 0 saturated carbocycles. The average molecular weight is 345 g/mol. The van der Waals surface area contributed by atoms with Gasteiger partial charge in [-0.2, -0.15) is 5.26 Å². The summed E-state index contributed by atoms with van der Waals surface area (Å²) in [6, 6.07) is 20.5. The Bertz CT molecular complexity index is 992. The second kappa shape index (κ2) is 7.28. The smallest absolute Gasteiger partial charge is 0.335 e. The van der Waals surface area contributed by atoms with Crippen molar-refractivity contribution in [3.05, 3.63) is 77.9 Å². The van der Waals surface area contributed by atoms with E-state index in [1.54, 1.807) is 48.5 Å². The second-order valence-electron chi connectivity index (χ2n) is 5.50. The van der Waals surface area contributed by atoms with E-state index in [0.717, 1.165) is 0 Å². The van der Waals surface area contributed by atoms with Gasteiger partial charge in [0.15, 0.2) is 0 Å². The molecule has 0 aliphatic carbocycles. The lowest BCUT2D eigenvalue weighted by Gasteiger charge is -2.12. The van der Waals surface area contributed by atoms with Crippen LogP contribution >= 0.6 is 0 Å². The summed E-state index contributed by atoms with van der Waals surface area (Å²) in [6.07, 6.45) is 0. The van der Waals surface area contributed by atoms with Crippen LogP contribution < -0.4 is 15.8 Å². The summed E-state index contributed by atoms with van der Waals surface area (Å²) >= 11 is 0. The number of carbonyl (C=O) groups is 1. The Morgan fingerprint density at radius 2 is 1.81 bits per heavy atom. The molecular weight excluding hydrogens is 330 g/mol. The topological polar surface area (TPSA) is 108 Å². The summed E-state index contributed by atoms with van der Waals surface area (Å²) in [5.41, 5.74) is 8.25. The number of nitrogen functional groups attached to an aromatic ring is 1. The van der Waals surface area contributed by atoms with Crippen molar-refractivity contribution < 1.29 is 14.6 Å². The molecule has 128 valence electrons. The van der Waals surface area contributed by atoms with Gasteiger partial charge in [0.05, 0.1) is 28.6 Å². The van der Waals surface area contributed by atoms with Crippen LogP contribution in [0.15, 0.2) is 66.7 Å². The highest BCUT2D eigenvalue weighted by Gasteiger charge is 2.08. The first-order chi connectivity index (χ1) is 12.5. The summed E-state index contributed by atoms with van der Waals surface area (Å²) in [6.45, 7) is 0. The van der Waals surface area contributed by atoms with Crippen molar-refractivity contribution in [2.24, 2.45) is 0 Å². The predicted molar refractivity (Wildman–Crippen MR) is 98.8 cm³/mol. The summed E-state index contributed by atoms with van der Waals surface area (Å²) in [5, 5.41) is 21.0. The van der Waals surface area contributed by atoms with Gasteiger partial charge in [0, 0.05) is 11.8 Å². The highest BCUT2D eigenvalue weighted by atomic mass is 16.5. The minimum atomic E-state index is -1.02. The molecule has 0 spiro atoms. The Balaban J connectivity index is 1.80. The van der Waals surface area contributed by atoms with Crippen LogP contribution in [0.2, 0.25) is 0 Å². The van der Waals surface area contributed by atoms with E-state index in [9.17, 15) is 4.79 Å². The number of nitrogens with zero attached hydrogens (tertiary/aromatic N) is 1. The molecule has 0 bridgehead atoms. The zero-order valence-corrected chi connectivity index (χ0v) is 13.6. The number of benzene rings is 3. The van der Waals surface area contributed by atoms with E-state index in [2.05, 4.69) is 11.4 Å². The van der Waals surface area contributed by atoms with Crippen LogP contribution in [0.1, 0.15) is 15.9 Å². The van der Waals surface area contributed by atoms with Gasteiger partial charge in [-0.15, -0.1) is 0 Å². The molecule has 0 amide bonds. The highest BCUT2D eigenvalue weighted by molar-refractivity contribution is 5.91. The lowest BCUT2D eigenvalue weighted by atomic mass is 10.1. The lowest BCUT2D eigenvalue weighted by Crippen LogP contribution is -2.01. The van der Waals surface area contributed by atoms with Gasteiger partial charge in [0.1, 0.15) is 11.5 Å². The average Bonchev–Trinajstić information content (AvgIpc) is 2.64. The maximum Gasteiger partial charge on any atom is 0.335 e. The van der Waals surface area contributed by atoms with Crippen molar-refractivity contribution >= 4 is 23.0 Å². The number of hydrogen-bond acceptors (Lipinski definition) is 5. The third-order valence-electron chi connectivity index (χ3n) is 3.63. The number of ether oxygens (including phenoxy) is 1. The Kier molecular flexibility index (Phi) is 4.72. The van der Waals surface area contributed by atoms with E-state index in [1.165, 1.54) is 12.1 Å². The highest BCUT2D eigenvalue weighted by Crippen LogP contribution is 2.28. The molecule has 3 aromatic rings. The van der Waals surface area contributed by atoms with Gasteiger partial charge in [-0.25, -0.2) is 4.79 Å². The van der Waals surface area contributed by atoms with Gasteiger partial charge in [0.25, 0.3) is 0 Å². The van der Waals surface area contributed by atoms with Gasteiger partial charge >= 0.3 is 5.97 Å². The molecule has 4 N–H and O–H groups in total. The number of carboxylic acid groups (broad SMARTS) is 1. The lowest BCUT2D eigenvalue weighted by molar-refractivity contribution is 0.0697. The molecule has 3 rings (SSSR count). The van der Waals surface area contributed by atoms with Gasteiger partial charge in [0.2, 0.25) is 0 Å². The van der Waals surface area contributed by atoms with Crippen molar-refractivity contribution in [2.75, 3.05) is 11.1 Å². The third kappa shape index (κ3) is 3.91. The first kappa shape index (κ1) is 16.9. The van der Waals surface area contributed by atoms with Crippen LogP contribution in [0, 0.1) is 11.3 Å². The predicted octanol–water partition coefficient (Wildman–Crippen LogP) is 4.37. The molecule has 0 unspecified atom stereocenters. The molecular formula is C20H15N3O3. The van der Waals surface area contributed by atoms with E-state index in [1.807, 2.05) is 6.07 Å². The van der Waals surface area contributed by atoms with E-state index in [0.29, 0.717) is 34.1 Å². The summed E-state index contributed by atoms with van der Waals surface area (Å²) < 4.78 is 5.77. The van der Waals surface area contributed by atoms with E-state index >= 15 is 0 Å². The molecule has 0 aliphatic heterocycles. The molecule has 3 aromatic carbocycles. The number of nitriles is 1. The number of aromatic carboxylic acids is 1. The van der Waals surface area contributed by atoms with Crippen LogP contribution in [0.5, 0.6) is 11.5 Å². The van der Waals surface area contributed by atoms with E-state index in [-0.39, 0.29) is 5.56 Å². The minimum Gasteiger partial charge on any atom is -0.478 e. The number of nitrogens with two attached hydrogens (primary N) is 1. The molecule has 0 radical (unpaired) electrons. The molecule has 26 heavy (non-hydrogen) atoms. The van der Waals surface area contributed by atoms with E-state index in [4.69, 9.17) is 20.8 Å². The molecule has 6 nitrogen and oxygen atoms in total. The third-order valence-corrected chi connectivity index (χ3v) is 3.63. The monoisotopic (exact) mass is 345 g/mol. The van der Waals surface area contributed by atoms with Gasteiger partial charge < -0.3 is 20.9 Å². The second-order valence-corrected chi connectivity index (χ2v) is 5.50. The standard InChI is InChI=1S/C20H15N3O3/c21-12-13-4-7-16(8-5-13)26-17-3-1-2-15(11-17)23-19-10-14(20(24)25)6-9-18(19)22/h1-11,23H,22H2,(H,24,25). The van der Waals surface area contributed by atoms with Crippen molar-refractivity contribution in [1.29, 1.82) is 5.26 Å². The number of hydrogen-bond donors (Lipinski definition) is 3. The molecule has 0 atom stereocenters. The minimum absolute atomic E-state index is 0.145. The van der Waals surface area contributed by atoms with Crippen molar-refractivity contribution in [3.8, 4) is 17.6 Å². The fourth-order valence-electron chi connectivity index (χ4n) is 2.32. The van der Waals surface area contributed by atoms with Gasteiger partial charge in [-0.3, -0.25) is 0 Å². The van der Waals surface area contributed by atoms with Crippen LogP contribution in [-0.2, 0) is 0 Å². The van der Waals surface area contributed by atoms with Crippen LogP contribution in [-0.4, -0.2) is 11.1 Å². The zero-order valence-electron chi connectivity index (χ0n) is 13.6. The number of carboxylic acids is 1. The molecule has 6 heteroatoms. The van der Waals surface area contributed by atoms with Crippen molar-refractivity contribution in [3.63, 3.8) is 0 Å². The molecule has 0 saturated heterocycles. The first-order valence-corrected chi connectivity index (χ1v) is 7.73. The number of rotatable bonds is 5. The largest absolute Gasteiger partial charge is 0.478 e. The van der Waals surface area contributed by atoms with Crippen LogP contribution in [0.4, 0.5) is 17.1 Å². The quantitative estimate of drug-likeness (QED) is 0.592. The summed E-state index contributed by atoms with van der Waals surface area (Å²) in [5.74, 6) is 0.173. The maximum atomic E-state index is 11.1. The van der Waals surface area contributed by atoms with E-state index < -0.39 is 5.97 Å². The normalized spacial score (nSPS) is 9.96. The van der Waals surface area contributed by atoms with Crippen molar-refractivity contribution in [2.45, 2.75) is 0 Å². The first-order valence-electron chi connectivity index (χ1n) is 7.73. The van der Waals surface area contributed by atoms with Gasteiger partial charge in [-0.1, -0.05) is 6.07 Å². The maximum absolute atomic E-state index is 11.1. The molecule has 0 heterocycles. The van der Waals surface area contributed by atoms with Crippen LogP contribution in [0.25, 0.3) is 0 Å². The Morgan fingerprint density at radius 3 is 2.50 bits per heavy atom. The SMILES string of the molecule is N#Cc1ccc(Oc2cccc(Nc3cc(C(=O)O)ccc3N)c2)cc1. The van der Waals surface area contributed by atoms with Crippen LogP contribution in [0.3, 0.4) is 0 Å². The Hall–Kier alpha value is -3.98. The fourth-order valence-corrected chi connectivity index (χ4v) is 2.32. The number of nitrogens with one attached hydrogen (secondary N) is 1. The summed E-state index contributed by atoms with van der Waals surface area (Å²) in [4.78, 5) is 11.1.